The Morgan fingerprint density at radius 3 is 1.63 bits per heavy atom. The lowest BCUT2D eigenvalue weighted by molar-refractivity contribution is -0.469. The van der Waals surface area contributed by atoms with Gasteiger partial charge >= 0.3 is 11.4 Å². The Kier molecular flexibility index (Phi) is 13.9. The smallest absolute Gasteiger partial charge is 0.367 e. The summed E-state index contributed by atoms with van der Waals surface area (Å²) in [5.74, 6) is 3.12. The van der Waals surface area contributed by atoms with Crippen LogP contribution in [0.2, 0.25) is 0 Å². The van der Waals surface area contributed by atoms with Gasteiger partial charge in [-0.1, -0.05) is 39.0 Å². The molecule has 0 unspecified atom stereocenters. The normalized spacial score (nSPS) is 12.2. The van der Waals surface area contributed by atoms with Crippen molar-refractivity contribution in [3.63, 3.8) is 0 Å². The number of hydrogen-bond acceptors (Lipinski definition) is 10. The Hall–Kier alpha value is -3.16. The van der Waals surface area contributed by atoms with Gasteiger partial charge in [0.05, 0.1) is 5.56 Å². The van der Waals surface area contributed by atoms with Gasteiger partial charge in [-0.2, -0.15) is 4.21 Å². The van der Waals surface area contributed by atoms with Gasteiger partial charge in [-0.15, -0.1) is 23.5 Å². The second-order valence-electron chi connectivity index (χ2n) is 8.46. The Bertz CT molecular complexity index is 1380. The standard InChI is InChI=1S/C16H19NOS.C14H12O2S.O4S/c1-17(2)12-13-6-4-5-7-16(13)18-14-8-10-15(19-3)11-9-14;1-17-13-8-6-12(7-9-13)16-14-5-3-2-4-11(14)10-15;1-5-3-2-4-5/h4-11H,12H2,1-3H3;2-10H,1H3;. The van der Waals surface area contributed by atoms with Crippen LogP contribution in [0.25, 0.3) is 0 Å². The van der Waals surface area contributed by atoms with Crippen LogP contribution in [0.3, 0.4) is 0 Å². The molecule has 0 N–H and O–H groups in total. The molecule has 4 aromatic carbocycles. The van der Waals surface area contributed by atoms with Crippen LogP contribution in [0.15, 0.2) is 107 Å². The van der Waals surface area contributed by atoms with Crippen LogP contribution in [0.1, 0.15) is 15.9 Å². The minimum Gasteiger partial charge on any atom is -0.457 e. The molecule has 1 aliphatic rings. The van der Waals surface area contributed by atoms with Crippen LogP contribution >= 0.6 is 23.5 Å². The second kappa shape index (κ2) is 17.6. The lowest BCUT2D eigenvalue weighted by Gasteiger charge is -2.14. The fraction of sp³-hybridized carbons (Fsp3) is 0.167. The molecule has 0 aliphatic carbocycles. The maximum absolute atomic E-state index is 10.8. The van der Waals surface area contributed by atoms with E-state index < -0.39 is 11.4 Å². The molecule has 0 radical (unpaired) electrons. The summed E-state index contributed by atoms with van der Waals surface area (Å²) in [5.41, 5.74) is 1.75. The molecule has 0 bridgehead atoms. The quantitative estimate of drug-likeness (QED) is 0.106. The molecular formula is C30H31NO7S3. The molecule has 0 aromatic heterocycles. The fourth-order valence-corrected chi connectivity index (χ4v) is 4.25. The number of para-hydroxylation sites is 2. The molecule has 0 saturated carbocycles. The number of nitrogens with zero attached hydrogens (tertiary/aromatic N) is 1. The molecule has 1 heterocycles. The van der Waals surface area contributed by atoms with E-state index in [1.54, 1.807) is 35.7 Å². The topological polar surface area (TPSA) is 83.5 Å². The number of benzene rings is 4. The molecule has 216 valence electrons. The van der Waals surface area contributed by atoms with Gasteiger partial charge in [-0.05, 0) is 98.4 Å². The van der Waals surface area contributed by atoms with Gasteiger partial charge in [0.25, 0.3) is 0 Å². The predicted molar refractivity (Wildman–Crippen MR) is 164 cm³/mol. The minimum atomic E-state index is -1.61. The van der Waals surface area contributed by atoms with Gasteiger partial charge in [0.1, 0.15) is 23.0 Å². The first kappa shape index (κ1) is 32.4. The highest BCUT2D eigenvalue weighted by atomic mass is 32.2. The van der Waals surface area contributed by atoms with Gasteiger partial charge in [0.2, 0.25) is 0 Å². The van der Waals surface area contributed by atoms with Gasteiger partial charge < -0.3 is 14.4 Å². The number of thioether (sulfide) groups is 2. The van der Waals surface area contributed by atoms with E-state index in [0.717, 1.165) is 30.1 Å². The molecule has 0 atom stereocenters. The van der Waals surface area contributed by atoms with E-state index in [1.807, 2.05) is 73.0 Å². The van der Waals surface area contributed by atoms with Crippen molar-refractivity contribution in [3.8, 4) is 23.0 Å². The summed E-state index contributed by atoms with van der Waals surface area (Å²) in [6.45, 7) is 0.874. The molecule has 5 rings (SSSR count). The third kappa shape index (κ3) is 11.3. The van der Waals surface area contributed by atoms with E-state index in [1.165, 1.54) is 15.4 Å². The molecule has 11 heteroatoms. The van der Waals surface area contributed by atoms with E-state index in [-0.39, 0.29) is 0 Å². The molecule has 0 amide bonds. The van der Waals surface area contributed by atoms with E-state index in [2.05, 4.69) is 57.2 Å². The minimum absolute atomic E-state index is 0.557. The van der Waals surface area contributed by atoms with Crippen molar-refractivity contribution in [2.24, 2.45) is 0 Å². The summed E-state index contributed by atoms with van der Waals surface area (Å²) in [6.07, 6.45) is 4.89. The zero-order chi connectivity index (χ0) is 29.5. The van der Waals surface area contributed by atoms with E-state index >= 15 is 0 Å². The predicted octanol–water partition coefficient (Wildman–Crippen LogP) is 7.73. The summed E-state index contributed by atoms with van der Waals surface area (Å²) in [4.78, 5) is 15.4. The molecule has 1 fully saturated rings. The van der Waals surface area contributed by atoms with Crippen molar-refractivity contribution >= 4 is 41.2 Å². The van der Waals surface area contributed by atoms with Crippen molar-refractivity contribution in [1.29, 1.82) is 0 Å². The first-order valence-corrected chi connectivity index (χ1v) is 15.7. The Morgan fingerprint density at radius 2 is 1.20 bits per heavy atom. The van der Waals surface area contributed by atoms with Gasteiger partial charge in [0.15, 0.2) is 6.29 Å². The van der Waals surface area contributed by atoms with Crippen molar-refractivity contribution in [2.75, 3.05) is 26.6 Å². The van der Waals surface area contributed by atoms with Crippen molar-refractivity contribution < 1.29 is 32.2 Å². The van der Waals surface area contributed by atoms with Crippen LogP contribution < -0.4 is 9.47 Å². The Morgan fingerprint density at radius 1 is 0.732 bits per heavy atom. The maximum atomic E-state index is 10.8. The van der Waals surface area contributed by atoms with E-state index in [0.29, 0.717) is 11.3 Å². The SMILES string of the molecule is CSc1ccc(Oc2ccccc2C=O)cc1.CSc1ccc(Oc2ccccc2CN(C)C)cc1.O=S1OOO1. The van der Waals surface area contributed by atoms with E-state index in [9.17, 15) is 9.00 Å². The van der Waals surface area contributed by atoms with Crippen LogP contribution in [0.5, 0.6) is 23.0 Å². The molecule has 4 aromatic rings. The lowest BCUT2D eigenvalue weighted by Crippen LogP contribution is -2.12. The number of rotatable bonds is 9. The molecule has 8 nitrogen and oxygen atoms in total. The highest BCUT2D eigenvalue weighted by molar-refractivity contribution is 7.98. The summed E-state index contributed by atoms with van der Waals surface area (Å²) in [6, 6.07) is 31.3. The third-order valence-electron chi connectivity index (χ3n) is 5.25. The van der Waals surface area contributed by atoms with Crippen molar-refractivity contribution in [3.05, 3.63) is 108 Å². The number of carbonyl (C=O) groups is 1. The van der Waals surface area contributed by atoms with Gasteiger partial charge in [-0.25, -0.2) is 0 Å². The maximum Gasteiger partial charge on any atom is 0.367 e. The summed E-state index contributed by atoms with van der Waals surface area (Å²) in [7, 11) is 4.12. The summed E-state index contributed by atoms with van der Waals surface area (Å²) >= 11 is 1.80. The molecule has 41 heavy (non-hydrogen) atoms. The number of aldehydes is 1. The number of ether oxygens (including phenoxy) is 2. The van der Waals surface area contributed by atoms with Crippen LogP contribution in [-0.2, 0) is 31.6 Å². The molecule has 0 spiro atoms. The zero-order valence-electron chi connectivity index (χ0n) is 23.1. The first-order valence-electron chi connectivity index (χ1n) is 12.3. The highest BCUT2D eigenvalue weighted by Gasteiger charge is 2.14. The van der Waals surface area contributed by atoms with Crippen LogP contribution in [-0.4, -0.2) is 42.0 Å². The zero-order valence-corrected chi connectivity index (χ0v) is 25.5. The molecule has 1 aliphatic heterocycles. The van der Waals surface area contributed by atoms with Crippen LogP contribution in [0.4, 0.5) is 0 Å². The second-order valence-corrected chi connectivity index (χ2v) is 10.9. The average Bonchev–Trinajstić information content (AvgIpc) is 2.98. The average molecular weight is 614 g/mol. The largest absolute Gasteiger partial charge is 0.457 e. The highest BCUT2D eigenvalue weighted by Crippen LogP contribution is 2.28. The Labute approximate surface area is 251 Å². The number of hydrogen-bond donors (Lipinski definition) is 0. The molecule has 1 saturated heterocycles. The summed E-state index contributed by atoms with van der Waals surface area (Å²) < 4.78 is 28.4. The van der Waals surface area contributed by atoms with Gasteiger partial charge in [0, 0.05) is 21.9 Å². The van der Waals surface area contributed by atoms with Crippen molar-refractivity contribution in [1.82, 2.24) is 4.90 Å². The first-order chi connectivity index (χ1) is 19.9. The van der Waals surface area contributed by atoms with Gasteiger partial charge in [-0.3, -0.25) is 4.79 Å². The Balaban J connectivity index is 0.000000193. The monoisotopic (exact) mass is 613 g/mol. The molecular weight excluding hydrogens is 583 g/mol. The summed E-state index contributed by atoms with van der Waals surface area (Å²) in [5, 5.41) is 3.53. The van der Waals surface area contributed by atoms with E-state index in [4.69, 9.17) is 9.47 Å². The third-order valence-corrected chi connectivity index (χ3v) is 7.07. The lowest BCUT2D eigenvalue weighted by atomic mass is 10.2. The van der Waals surface area contributed by atoms with Crippen LogP contribution in [0, 0.1) is 0 Å². The number of carbonyl (C=O) groups excluding carboxylic acids is 1. The fourth-order valence-electron chi connectivity index (χ4n) is 3.34. The van der Waals surface area contributed by atoms with Crippen molar-refractivity contribution in [2.45, 2.75) is 16.3 Å².